The van der Waals surface area contributed by atoms with Crippen molar-refractivity contribution in [2.24, 2.45) is 4.99 Å². The van der Waals surface area contributed by atoms with Crippen molar-refractivity contribution in [1.29, 1.82) is 0 Å². The van der Waals surface area contributed by atoms with Crippen LogP contribution >= 0.6 is 11.8 Å². The Morgan fingerprint density at radius 3 is 3.67 bits per heavy atom. The van der Waals surface area contributed by atoms with Crippen LogP contribution in [0.2, 0.25) is 0 Å². The van der Waals surface area contributed by atoms with Crippen LogP contribution in [0.1, 0.15) is 0 Å². The van der Waals surface area contributed by atoms with E-state index in [1.807, 2.05) is 11.2 Å². The van der Waals surface area contributed by atoms with Gasteiger partial charge in [0.15, 0.2) is 5.17 Å². The van der Waals surface area contributed by atoms with E-state index in [1.54, 1.807) is 18.0 Å². The van der Waals surface area contributed by atoms with Gasteiger partial charge in [0.05, 0.1) is 6.54 Å². The van der Waals surface area contributed by atoms with Crippen molar-refractivity contribution in [3.05, 3.63) is 12.4 Å². The molecule has 0 aromatic heterocycles. The summed E-state index contributed by atoms with van der Waals surface area (Å²) >= 11 is 1.79. The standard InChI is InChI=1S/C5H7N3S/c1-2-7-8-3-4-9-5(8)6-1/h1-2,7H,3-4H2. The predicted molar refractivity (Wildman–Crippen MR) is 38.9 cm³/mol. The topological polar surface area (TPSA) is 27.6 Å². The molecule has 2 aliphatic rings. The third-order valence-electron chi connectivity index (χ3n) is 1.27. The molecule has 9 heavy (non-hydrogen) atoms. The van der Waals surface area contributed by atoms with Crippen molar-refractivity contribution >= 4 is 16.9 Å². The van der Waals surface area contributed by atoms with Crippen LogP contribution < -0.4 is 5.43 Å². The van der Waals surface area contributed by atoms with Crippen LogP contribution in [0.25, 0.3) is 0 Å². The van der Waals surface area contributed by atoms with Crippen LogP contribution in [0.3, 0.4) is 0 Å². The van der Waals surface area contributed by atoms with Gasteiger partial charge in [-0.3, -0.25) is 5.01 Å². The zero-order valence-electron chi connectivity index (χ0n) is 4.87. The highest BCUT2D eigenvalue weighted by Crippen LogP contribution is 2.17. The number of hydrazine groups is 1. The maximum atomic E-state index is 4.15. The smallest absolute Gasteiger partial charge is 0.182 e. The second-order valence-corrected chi connectivity index (χ2v) is 2.92. The summed E-state index contributed by atoms with van der Waals surface area (Å²) < 4.78 is 0. The van der Waals surface area contributed by atoms with Crippen molar-refractivity contribution in [2.45, 2.75) is 0 Å². The average molecular weight is 141 g/mol. The molecule has 2 heterocycles. The quantitative estimate of drug-likeness (QED) is 0.528. The number of nitrogens with one attached hydrogen (secondary N) is 1. The number of aliphatic imine (C=N–C) groups is 1. The first kappa shape index (κ1) is 5.17. The lowest BCUT2D eigenvalue weighted by atomic mass is 10.7. The van der Waals surface area contributed by atoms with E-state index in [2.05, 4.69) is 10.4 Å². The molecule has 4 heteroatoms. The second-order valence-electron chi connectivity index (χ2n) is 1.86. The van der Waals surface area contributed by atoms with E-state index in [1.165, 1.54) is 0 Å². The highest BCUT2D eigenvalue weighted by atomic mass is 32.2. The van der Waals surface area contributed by atoms with E-state index in [-0.39, 0.29) is 0 Å². The molecule has 0 amide bonds. The number of amidine groups is 1. The molecular weight excluding hydrogens is 134 g/mol. The number of rotatable bonds is 0. The number of fused-ring (bicyclic) bond motifs is 1. The highest BCUT2D eigenvalue weighted by Gasteiger charge is 2.18. The first-order valence-corrected chi connectivity index (χ1v) is 3.85. The van der Waals surface area contributed by atoms with Gasteiger partial charge in [-0.25, -0.2) is 4.99 Å². The van der Waals surface area contributed by atoms with Crippen LogP contribution in [0, 0.1) is 0 Å². The van der Waals surface area contributed by atoms with Gasteiger partial charge >= 0.3 is 0 Å². The fourth-order valence-corrected chi connectivity index (χ4v) is 1.74. The van der Waals surface area contributed by atoms with Crippen molar-refractivity contribution in [3.63, 3.8) is 0 Å². The molecule has 0 saturated carbocycles. The lowest BCUT2D eigenvalue weighted by Crippen LogP contribution is -2.36. The minimum atomic E-state index is 1.06. The third-order valence-corrected chi connectivity index (χ3v) is 2.24. The summed E-state index contributed by atoms with van der Waals surface area (Å²) in [4.78, 5) is 4.15. The molecule has 3 nitrogen and oxygen atoms in total. The van der Waals surface area contributed by atoms with Crippen molar-refractivity contribution in [2.75, 3.05) is 12.3 Å². The van der Waals surface area contributed by atoms with Gasteiger partial charge in [0, 0.05) is 18.2 Å². The van der Waals surface area contributed by atoms with E-state index < -0.39 is 0 Å². The summed E-state index contributed by atoms with van der Waals surface area (Å²) in [5.41, 5.74) is 3.08. The molecule has 0 aliphatic carbocycles. The van der Waals surface area contributed by atoms with Crippen molar-refractivity contribution in [1.82, 2.24) is 10.4 Å². The van der Waals surface area contributed by atoms with Gasteiger partial charge in [0.1, 0.15) is 0 Å². The van der Waals surface area contributed by atoms with Gasteiger partial charge in [-0.1, -0.05) is 11.8 Å². The number of hydrogen-bond acceptors (Lipinski definition) is 4. The first-order valence-electron chi connectivity index (χ1n) is 2.86. The maximum Gasteiger partial charge on any atom is 0.182 e. The monoisotopic (exact) mass is 141 g/mol. The fourth-order valence-electron chi connectivity index (χ4n) is 0.853. The van der Waals surface area contributed by atoms with Gasteiger partial charge < -0.3 is 5.43 Å². The fraction of sp³-hybridized carbons (Fsp3) is 0.400. The summed E-state index contributed by atoms with van der Waals surface area (Å²) in [7, 11) is 0. The molecule has 1 saturated heterocycles. The molecule has 0 unspecified atom stereocenters. The molecule has 0 aromatic rings. The number of hydrogen-bond donors (Lipinski definition) is 1. The van der Waals surface area contributed by atoms with Crippen LogP contribution in [0.15, 0.2) is 17.4 Å². The zero-order chi connectivity index (χ0) is 6.10. The summed E-state index contributed by atoms with van der Waals surface area (Å²) in [6.07, 6.45) is 3.62. The molecule has 1 N–H and O–H groups in total. The Balaban J connectivity index is 2.23. The van der Waals surface area contributed by atoms with Crippen LogP contribution in [0.4, 0.5) is 0 Å². The van der Waals surface area contributed by atoms with E-state index in [0.29, 0.717) is 0 Å². The maximum absolute atomic E-state index is 4.15. The van der Waals surface area contributed by atoms with Crippen LogP contribution in [-0.2, 0) is 0 Å². The first-order chi connectivity index (χ1) is 4.47. The Labute approximate surface area is 57.8 Å². The number of thioether (sulfide) groups is 1. The van der Waals surface area contributed by atoms with Gasteiger partial charge in [-0.15, -0.1) is 0 Å². The summed E-state index contributed by atoms with van der Waals surface area (Å²) in [6.45, 7) is 1.06. The van der Waals surface area contributed by atoms with Crippen LogP contribution in [0.5, 0.6) is 0 Å². The second kappa shape index (κ2) is 1.95. The Bertz CT molecular complexity index is 175. The highest BCUT2D eigenvalue weighted by molar-refractivity contribution is 8.14. The molecule has 0 atom stereocenters. The Morgan fingerprint density at radius 1 is 1.78 bits per heavy atom. The normalized spacial score (nSPS) is 23.1. The summed E-state index contributed by atoms with van der Waals surface area (Å²) in [5, 5.41) is 3.14. The van der Waals surface area contributed by atoms with E-state index >= 15 is 0 Å². The molecule has 48 valence electrons. The van der Waals surface area contributed by atoms with Crippen LogP contribution in [-0.4, -0.2) is 22.5 Å². The third kappa shape index (κ3) is 0.790. The van der Waals surface area contributed by atoms with E-state index in [4.69, 9.17) is 0 Å². The molecule has 1 fully saturated rings. The molecule has 0 aromatic carbocycles. The summed E-state index contributed by atoms with van der Waals surface area (Å²) in [6, 6.07) is 0. The summed E-state index contributed by atoms with van der Waals surface area (Å²) in [5.74, 6) is 1.15. The van der Waals surface area contributed by atoms with Gasteiger partial charge in [0.25, 0.3) is 0 Å². The Hall–Kier alpha value is -0.640. The van der Waals surface area contributed by atoms with Crippen molar-refractivity contribution in [3.8, 4) is 0 Å². The number of nitrogens with zero attached hydrogens (tertiary/aromatic N) is 2. The molecule has 0 bridgehead atoms. The largest absolute Gasteiger partial charge is 0.302 e. The molecule has 0 radical (unpaired) electrons. The molecule has 2 rings (SSSR count). The average Bonchev–Trinajstić information content (AvgIpc) is 2.33. The minimum absolute atomic E-state index is 1.06. The SMILES string of the molecule is C1=CNN2CCSC2=N1. The zero-order valence-corrected chi connectivity index (χ0v) is 5.69. The lowest BCUT2D eigenvalue weighted by Gasteiger charge is -2.18. The molecule has 2 aliphatic heterocycles. The molecule has 0 spiro atoms. The predicted octanol–water partition coefficient (Wildman–Crippen LogP) is 0.381. The van der Waals surface area contributed by atoms with Gasteiger partial charge in [-0.2, -0.15) is 0 Å². The molecular formula is C5H7N3S. The van der Waals surface area contributed by atoms with Gasteiger partial charge in [0.2, 0.25) is 0 Å². The van der Waals surface area contributed by atoms with Crippen molar-refractivity contribution < 1.29 is 0 Å². The van der Waals surface area contributed by atoms with Gasteiger partial charge in [-0.05, 0) is 0 Å². The lowest BCUT2D eigenvalue weighted by molar-refractivity contribution is 0.390. The minimum Gasteiger partial charge on any atom is -0.302 e. The van der Waals surface area contributed by atoms with E-state index in [0.717, 1.165) is 17.5 Å². The Morgan fingerprint density at radius 2 is 2.78 bits per heavy atom. The van der Waals surface area contributed by atoms with E-state index in [9.17, 15) is 0 Å². The Kier molecular flexibility index (Phi) is 1.12.